The van der Waals surface area contributed by atoms with E-state index in [1.807, 2.05) is 30.3 Å². The number of carbonyl (C=O) groups is 3. The maximum Gasteiger partial charge on any atom is 0.316 e. The van der Waals surface area contributed by atoms with Crippen molar-refractivity contribution in [2.45, 2.75) is 78.7 Å². The summed E-state index contributed by atoms with van der Waals surface area (Å²) in [5.41, 5.74) is 1.87. The van der Waals surface area contributed by atoms with Gasteiger partial charge in [0.25, 0.3) is 0 Å². The van der Waals surface area contributed by atoms with Gasteiger partial charge in [-0.25, -0.2) is 9.97 Å². The second kappa shape index (κ2) is 16.5. The van der Waals surface area contributed by atoms with Crippen molar-refractivity contribution in [3.05, 3.63) is 52.6 Å². The summed E-state index contributed by atoms with van der Waals surface area (Å²) in [6.45, 7) is 2.40. The summed E-state index contributed by atoms with van der Waals surface area (Å²) >= 11 is 5.92. The first-order valence-electron chi connectivity index (χ1n) is 18.6. The largest absolute Gasteiger partial charge is 0.468 e. The van der Waals surface area contributed by atoms with Gasteiger partial charge in [0, 0.05) is 89.5 Å². The molecule has 0 aliphatic carbocycles. The van der Waals surface area contributed by atoms with Gasteiger partial charge in [0.15, 0.2) is 0 Å². The molecule has 4 atom stereocenters. The number of anilines is 3. The second-order valence-corrected chi connectivity index (χ2v) is 18.0. The van der Waals surface area contributed by atoms with Crippen molar-refractivity contribution in [1.29, 1.82) is 0 Å². The van der Waals surface area contributed by atoms with Crippen LogP contribution in [0.3, 0.4) is 0 Å². The number of nitrogens with one attached hydrogen (secondary N) is 2. The quantitative estimate of drug-likeness (QED) is 0.263. The molecule has 3 fully saturated rings. The maximum absolute atomic E-state index is 12.9. The Hall–Kier alpha value is -4.22. The molecule has 0 radical (unpaired) electrons. The van der Waals surface area contributed by atoms with Crippen LogP contribution in [-0.2, 0) is 59.0 Å². The minimum absolute atomic E-state index is 0.0496. The third kappa shape index (κ3) is 8.19. The molecule has 2 aromatic heterocycles. The number of methoxy groups -OCH3 is 1. The van der Waals surface area contributed by atoms with E-state index in [2.05, 4.69) is 25.5 Å². The number of esters is 1. The normalized spacial score (nSPS) is 24.4. The molecule has 0 bridgehead atoms. The van der Waals surface area contributed by atoms with Gasteiger partial charge in [-0.05, 0) is 42.8 Å². The molecule has 2 N–H and O–H groups in total. The number of hydrogen-bond acceptors (Lipinski definition) is 13. The molecule has 7 heterocycles. The summed E-state index contributed by atoms with van der Waals surface area (Å²) in [5.74, 6) is 2.96. The molecular formula is C37H46ClN9O6S2. The van der Waals surface area contributed by atoms with Crippen LogP contribution in [0.15, 0.2) is 40.1 Å². The average molecular weight is 812 g/mol. The van der Waals surface area contributed by atoms with E-state index in [4.69, 9.17) is 26.3 Å². The number of hydrogen-bond donors (Lipinski definition) is 2. The molecule has 1 aromatic carbocycles. The van der Waals surface area contributed by atoms with Gasteiger partial charge in [-0.15, -0.1) is 0 Å². The first-order valence-corrected chi connectivity index (χ1v) is 21.6. The molecule has 0 saturated carbocycles. The van der Waals surface area contributed by atoms with Crippen LogP contribution in [0.4, 0.5) is 17.6 Å². The molecule has 3 aromatic rings. The number of fused-ring (bicyclic) bond motifs is 2. The fourth-order valence-electron chi connectivity index (χ4n) is 7.99. The molecule has 15 nitrogen and oxygen atoms in total. The van der Waals surface area contributed by atoms with E-state index < -0.39 is 27.0 Å². The van der Waals surface area contributed by atoms with E-state index in [9.17, 15) is 22.8 Å². The second-order valence-electron chi connectivity index (χ2n) is 14.6. The lowest BCUT2D eigenvalue weighted by Gasteiger charge is -2.40. The number of likely N-dealkylation sites (tertiary alicyclic amines) is 2. The van der Waals surface area contributed by atoms with Gasteiger partial charge in [0.2, 0.25) is 23.0 Å². The number of aryl methyl sites for hydroxylation is 2. The summed E-state index contributed by atoms with van der Waals surface area (Å²) in [5, 5.41) is 6.93. The molecular weight excluding hydrogens is 766 g/mol. The van der Waals surface area contributed by atoms with Gasteiger partial charge in [-0.2, -0.15) is 9.97 Å². The third-order valence-corrected chi connectivity index (χ3v) is 14.2. The summed E-state index contributed by atoms with van der Waals surface area (Å²) < 4.78 is 30.0. The van der Waals surface area contributed by atoms with E-state index in [0.29, 0.717) is 110 Å². The van der Waals surface area contributed by atoms with E-state index in [-0.39, 0.29) is 35.2 Å². The number of nitrogens with zero attached hydrogens (tertiary/aromatic N) is 7. The third-order valence-electron chi connectivity index (χ3n) is 11.1. The molecule has 5 aliphatic rings. The van der Waals surface area contributed by atoms with Crippen LogP contribution in [0.5, 0.6) is 0 Å². The van der Waals surface area contributed by atoms with Gasteiger partial charge >= 0.3 is 5.97 Å². The van der Waals surface area contributed by atoms with Gasteiger partial charge in [0.05, 0.1) is 45.5 Å². The van der Waals surface area contributed by atoms with Crippen molar-refractivity contribution < 1.29 is 27.5 Å². The summed E-state index contributed by atoms with van der Waals surface area (Å²) in [6, 6.07) is 9.97. The van der Waals surface area contributed by atoms with Crippen LogP contribution < -0.4 is 15.5 Å². The number of amides is 2. The molecule has 18 heteroatoms. The van der Waals surface area contributed by atoms with E-state index in [0.717, 1.165) is 23.4 Å². The molecule has 0 spiro atoms. The Balaban J connectivity index is 0.000000197. The van der Waals surface area contributed by atoms with Crippen molar-refractivity contribution in [3.63, 3.8) is 0 Å². The Kier molecular flexibility index (Phi) is 11.7. The lowest BCUT2D eigenvalue weighted by Crippen LogP contribution is -2.48. The number of ether oxygens (including phenoxy) is 1. The van der Waals surface area contributed by atoms with Crippen LogP contribution >= 0.6 is 11.6 Å². The summed E-state index contributed by atoms with van der Waals surface area (Å²) in [7, 11) is 2.83. The lowest BCUT2D eigenvalue weighted by atomic mass is 9.73. The number of piperidine rings is 3. The van der Waals surface area contributed by atoms with Crippen molar-refractivity contribution in [3.8, 4) is 0 Å². The number of benzene rings is 1. The van der Waals surface area contributed by atoms with Crippen LogP contribution in [0.2, 0.25) is 5.28 Å². The first kappa shape index (κ1) is 39.0. The van der Waals surface area contributed by atoms with Gasteiger partial charge in [-0.3, -0.25) is 22.8 Å². The van der Waals surface area contributed by atoms with E-state index >= 15 is 0 Å². The molecule has 3 saturated heterocycles. The number of likely N-dealkylation sites (N-methyl/N-ethyl adjacent to an activating group) is 2. The first-order chi connectivity index (χ1) is 26.4. The highest BCUT2D eigenvalue weighted by atomic mass is 35.5. The highest BCUT2D eigenvalue weighted by Crippen LogP contribution is 2.39. The summed E-state index contributed by atoms with van der Waals surface area (Å²) in [6.07, 6.45) is 4.96. The van der Waals surface area contributed by atoms with Crippen LogP contribution in [0.1, 0.15) is 55.5 Å². The molecule has 294 valence electrons. The van der Waals surface area contributed by atoms with Crippen LogP contribution in [0.25, 0.3) is 0 Å². The number of aromatic nitrogens is 4. The van der Waals surface area contributed by atoms with Crippen molar-refractivity contribution in [2.24, 2.45) is 0 Å². The smallest absolute Gasteiger partial charge is 0.316 e. The van der Waals surface area contributed by atoms with Crippen LogP contribution in [-0.4, -0.2) is 127 Å². The van der Waals surface area contributed by atoms with Gasteiger partial charge < -0.3 is 30.1 Å². The summed E-state index contributed by atoms with van der Waals surface area (Å²) in [4.78, 5) is 61.1. The average Bonchev–Trinajstić information content (AvgIpc) is 3.76. The Morgan fingerprint density at radius 1 is 0.800 bits per heavy atom. The Morgan fingerprint density at radius 2 is 1.33 bits per heavy atom. The Labute approximate surface area is 330 Å². The number of carbonyl (C=O) groups excluding carboxylic acids is 3. The predicted molar refractivity (Wildman–Crippen MR) is 209 cm³/mol. The molecule has 2 unspecified atom stereocenters. The van der Waals surface area contributed by atoms with E-state index in [1.165, 1.54) is 7.11 Å². The number of rotatable bonds is 7. The highest BCUT2D eigenvalue weighted by Gasteiger charge is 2.45. The molecule has 8 rings (SSSR count). The predicted octanol–water partition coefficient (Wildman–Crippen LogP) is 2.71. The standard InChI is InChI=1S/C25H31N5O4S.C12H15ClN4O2S/c1-29-16-18(8-9-20(29)31)26-22-21-19(10-15-35(21)33)27-24(28-22)30-13-11-25(12-14-30,23(32)34-2)17-6-4-3-5-7-17;1-17-6-7(2-3-9(17)18)14-11-10-8(4-5-20(10)19)15-12(13)16-11/h3-7,18H,8-16H2,1-2H3,(H,26,27,28);7H,2-6H2,1H3,(H,14,15,16)/t18-,35?;7-,20?/m00/s1. The Bertz CT molecular complexity index is 2020. The maximum atomic E-state index is 12.9. The molecule has 2 amide bonds. The van der Waals surface area contributed by atoms with Crippen LogP contribution in [0, 0.1) is 0 Å². The molecule has 55 heavy (non-hydrogen) atoms. The zero-order valence-electron chi connectivity index (χ0n) is 31.2. The van der Waals surface area contributed by atoms with Crippen molar-refractivity contribution >= 4 is 68.6 Å². The lowest BCUT2D eigenvalue weighted by molar-refractivity contribution is -0.148. The van der Waals surface area contributed by atoms with Crippen molar-refractivity contribution in [1.82, 2.24) is 29.7 Å². The van der Waals surface area contributed by atoms with E-state index in [1.54, 1.807) is 23.9 Å². The SMILES string of the molecule is CN1C[C@@H](Nc2nc(Cl)nc3c2S(=O)CC3)CCC1=O.COC(=O)C1(c2ccccc2)CCN(c2nc3c(c(N[C@H]4CCC(=O)N(C)C4)n2)S(=O)CC3)CC1. The highest BCUT2D eigenvalue weighted by molar-refractivity contribution is 7.85. The fraction of sp³-hybridized carbons (Fsp3) is 0.541. The van der Waals surface area contributed by atoms with Gasteiger partial charge in [-0.1, -0.05) is 30.3 Å². The fourth-order valence-corrected chi connectivity index (χ4v) is 10.8. The monoisotopic (exact) mass is 811 g/mol. The molecule has 5 aliphatic heterocycles. The zero-order chi connectivity index (χ0) is 38.9. The number of halogens is 1. The minimum Gasteiger partial charge on any atom is -0.468 e. The zero-order valence-corrected chi connectivity index (χ0v) is 33.6. The minimum atomic E-state index is -1.14. The topological polar surface area (TPSA) is 180 Å². The van der Waals surface area contributed by atoms with Crippen molar-refractivity contribution in [2.75, 3.05) is 74.4 Å². The van der Waals surface area contributed by atoms with Gasteiger partial charge in [0.1, 0.15) is 21.4 Å². The Morgan fingerprint density at radius 3 is 1.85 bits per heavy atom.